The molecule has 2 aliphatic heterocycles. The summed E-state index contributed by atoms with van der Waals surface area (Å²) in [6.07, 6.45) is 3.81. The molecule has 0 aliphatic carbocycles. The van der Waals surface area contributed by atoms with Crippen LogP contribution in [0.15, 0.2) is 24.3 Å². The lowest BCUT2D eigenvalue weighted by molar-refractivity contribution is 0.142. The number of hydrogen-bond donors (Lipinski definition) is 1. The topological polar surface area (TPSA) is 26.7 Å². The third kappa shape index (κ3) is 3.62. The molecule has 1 aromatic rings. The van der Waals surface area contributed by atoms with Crippen LogP contribution in [0.3, 0.4) is 0 Å². The molecule has 2 unspecified atom stereocenters. The second kappa shape index (κ2) is 6.86. The number of halogens is 1. The molecular formula is C17H25FN2O. The first kappa shape index (κ1) is 14.9. The largest absolute Gasteiger partial charge is 0.388 e. The van der Waals surface area contributed by atoms with Crippen molar-refractivity contribution in [1.82, 2.24) is 9.80 Å². The Kier molecular flexibility index (Phi) is 4.88. The zero-order valence-corrected chi connectivity index (χ0v) is 12.5. The summed E-state index contributed by atoms with van der Waals surface area (Å²) in [6.45, 7) is 5.54. The van der Waals surface area contributed by atoms with Crippen molar-refractivity contribution in [2.75, 3.05) is 32.7 Å². The maximum Gasteiger partial charge on any atom is 0.128 e. The minimum Gasteiger partial charge on any atom is -0.388 e. The summed E-state index contributed by atoms with van der Waals surface area (Å²) in [5.74, 6) is -0.304. The van der Waals surface area contributed by atoms with Gasteiger partial charge in [-0.3, -0.25) is 4.90 Å². The number of nitrogens with zero attached hydrogens (tertiary/aromatic N) is 2. The highest BCUT2D eigenvalue weighted by Gasteiger charge is 2.29. The molecular weight excluding hydrogens is 267 g/mol. The van der Waals surface area contributed by atoms with Gasteiger partial charge in [0, 0.05) is 24.7 Å². The summed E-state index contributed by atoms with van der Waals surface area (Å²) < 4.78 is 13.6. The molecule has 0 amide bonds. The molecule has 0 saturated carbocycles. The summed E-state index contributed by atoms with van der Waals surface area (Å²) in [4.78, 5) is 5.01. The van der Waals surface area contributed by atoms with E-state index in [2.05, 4.69) is 9.80 Å². The average Bonchev–Trinajstić information content (AvgIpc) is 3.16. The zero-order valence-electron chi connectivity index (χ0n) is 12.5. The molecule has 1 N–H and O–H groups in total. The predicted molar refractivity (Wildman–Crippen MR) is 81.6 cm³/mol. The van der Waals surface area contributed by atoms with Crippen molar-refractivity contribution >= 4 is 0 Å². The smallest absolute Gasteiger partial charge is 0.128 e. The first-order valence-electron chi connectivity index (χ1n) is 8.13. The van der Waals surface area contributed by atoms with Gasteiger partial charge in [-0.15, -0.1) is 0 Å². The van der Waals surface area contributed by atoms with Gasteiger partial charge < -0.3 is 10.0 Å². The predicted octanol–water partition coefficient (Wildman–Crippen LogP) is 2.42. The quantitative estimate of drug-likeness (QED) is 0.903. The van der Waals surface area contributed by atoms with E-state index in [1.54, 1.807) is 18.2 Å². The van der Waals surface area contributed by atoms with Gasteiger partial charge in [0.2, 0.25) is 0 Å². The van der Waals surface area contributed by atoms with Crippen LogP contribution in [0.4, 0.5) is 4.39 Å². The van der Waals surface area contributed by atoms with Crippen molar-refractivity contribution in [1.29, 1.82) is 0 Å². The standard InChI is InChI=1S/C17H25FN2O/c18-16-6-2-1-5-15(16)17(21)8-12-19-11-7-14(13-19)20-9-3-4-10-20/h1-2,5-6,14,17,21H,3-4,7-13H2. The fourth-order valence-electron chi connectivity index (χ4n) is 3.63. The fraction of sp³-hybridized carbons (Fsp3) is 0.647. The van der Waals surface area contributed by atoms with Gasteiger partial charge in [-0.25, -0.2) is 4.39 Å². The molecule has 2 fully saturated rings. The molecule has 2 saturated heterocycles. The second-order valence-corrected chi connectivity index (χ2v) is 6.31. The van der Waals surface area contributed by atoms with Crippen LogP contribution in [0.2, 0.25) is 0 Å². The van der Waals surface area contributed by atoms with Crippen molar-refractivity contribution in [2.45, 2.75) is 37.8 Å². The van der Waals surface area contributed by atoms with Crippen LogP contribution in [-0.2, 0) is 0 Å². The molecule has 2 aliphatic rings. The van der Waals surface area contributed by atoms with E-state index in [0.29, 0.717) is 18.0 Å². The lowest BCUT2D eigenvalue weighted by Crippen LogP contribution is -2.35. The molecule has 2 atom stereocenters. The first-order valence-corrected chi connectivity index (χ1v) is 8.13. The summed E-state index contributed by atoms with van der Waals surface area (Å²) in [6, 6.07) is 7.22. The van der Waals surface area contributed by atoms with E-state index in [1.165, 1.54) is 38.4 Å². The molecule has 116 valence electrons. The molecule has 0 bridgehead atoms. The van der Waals surface area contributed by atoms with E-state index in [1.807, 2.05) is 0 Å². The van der Waals surface area contributed by atoms with Crippen LogP contribution in [0, 0.1) is 5.82 Å². The Labute approximate surface area is 126 Å². The van der Waals surface area contributed by atoms with E-state index < -0.39 is 6.10 Å². The first-order chi connectivity index (χ1) is 10.2. The Morgan fingerprint density at radius 2 is 1.95 bits per heavy atom. The lowest BCUT2D eigenvalue weighted by atomic mass is 10.1. The average molecular weight is 292 g/mol. The van der Waals surface area contributed by atoms with Crippen molar-refractivity contribution in [2.24, 2.45) is 0 Å². The van der Waals surface area contributed by atoms with Crippen molar-refractivity contribution in [3.63, 3.8) is 0 Å². The Morgan fingerprint density at radius 1 is 1.19 bits per heavy atom. The van der Waals surface area contributed by atoms with Crippen LogP contribution < -0.4 is 0 Å². The van der Waals surface area contributed by atoms with Crippen molar-refractivity contribution in [3.8, 4) is 0 Å². The van der Waals surface area contributed by atoms with E-state index in [0.717, 1.165) is 19.6 Å². The third-order valence-corrected chi connectivity index (χ3v) is 4.89. The van der Waals surface area contributed by atoms with Crippen LogP contribution in [0.1, 0.15) is 37.4 Å². The van der Waals surface area contributed by atoms with E-state index in [4.69, 9.17) is 0 Å². The normalized spacial score (nSPS) is 25.5. The van der Waals surface area contributed by atoms with Gasteiger partial charge in [0.25, 0.3) is 0 Å². The van der Waals surface area contributed by atoms with Gasteiger partial charge in [0.15, 0.2) is 0 Å². The molecule has 0 aromatic heterocycles. The maximum absolute atomic E-state index is 13.6. The van der Waals surface area contributed by atoms with Gasteiger partial charge >= 0.3 is 0 Å². The summed E-state index contributed by atoms with van der Waals surface area (Å²) in [5, 5.41) is 10.2. The lowest BCUT2D eigenvalue weighted by Gasteiger charge is -2.24. The number of likely N-dealkylation sites (tertiary alicyclic amines) is 2. The molecule has 4 heteroatoms. The van der Waals surface area contributed by atoms with Crippen LogP contribution in [-0.4, -0.2) is 53.7 Å². The molecule has 0 radical (unpaired) electrons. The minimum atomic E-state index is -0.697. The van der Waals surface area contributed by atoms with Crippen LogP contribution >= 0.6 is 0 Å². The maximum atomic E-state index is 13.6. The van der Waals surface area contributed by atoms with Gasteiger partial charge in [0.05, 0.1) is 6.10 Å². The number of aliphatic hydroxyl groups is 1. The molecule has 3 rings (SSSR count). The summed E-state index contributed by atoms with van der Waals surface area (Å²) in [7, 11) is 0. The minimum absolute atomic E-state index is 0.304. The Morgan fingerprint density at radius 3 is 2.71 bits per heavy atom. The molecule has 1 aromatic carbocycles. The summed E-state index contributed by atoms with van der Waals surface area (Å²) >= 11 is 0. The number of benzene rings is 1. The Hall–Kier alpha value is -0.970. The Balaban J connectivity index is 1.46. The fourth-order valence-corrected chi connectivity index (χ4v) is 3.63. The highest BCUT2D eigenvalue weighted by molar-refractivity contribution is 5.19. The highest BCUT2D eigenvalue weighted by atomic mass is 19.1. The van der Waals surface area contributed by atoms with Crippen LogP contribution in [0.25, 0.3) is 0 Å². The molecule has 3 nitrogen and oxygen atoms in total. The third-order valence-electron chi connectivity index (χ3n) is 4.89. The van der Waals surface area contributed by atoms with Gasteiger partial charge in [-0.2, -0.15) is 0 Å². The van der Waals surface area contributed by atoms with E-state index >= 15 is 0 Å². The van der Waals surface area contributed by atoms with E-state index in [9.17, 15) is 9.50 Å². The second-order valence-electron chi connectivity index (χ2n) is 6.31. The number of aliphatic hydroxyl groups excluding tert-OH is 1. The monoisotopic (exact) mass is 292 g/mol. The van der Waals surface area contributed by atoms with Crippen LogP contribution in [0.5, 0.6) is 0 Å². The SMILES string of the molecule is OC(CCN1CCC(N2CCCC2)C1)c1ccccc1F. The molecule has 21 heavy (non-hydrogen) atoms. The van der Waals surface area contributed by atoms with Crippen molar-refractivity contribution in [3.05, 3.63) is 35.6 Å². The van der Waals surface area contributed by atoms with Gasteiger partial charge in [0.1, 0.15) is 5.82 Å². The van der Waals surface area contributed by atoms with Gasteiger partial charge in [-0.1, -0.05) is 18.2 Å². The van der Waals surface area contributed by atoms with E-state index in [-0.39, 0.29) is 5.82 Å². The summed E-state index contributed by atoms with van der Waals surface area (Å²) in [5.41, 5.74) is 0.424. The van der Waals surface area contributed by atoms with Crippen molar-refractivity contribution < 1.29 is 9.50 Å². The molecule has 2 heterocycles. The number of rotatable bonds is 5. The Bertz CT molecular complexity index is 462. The number of hydrogen-bond acceptors (Lipinski definition) is 3. The van der Waals surface area contributed by atoms with Gasteiger partial charge in [-0.05, 0) is 51.4 Å². The zero-order chi connectivity index (χ0) is 14.7. The highest BCUT2D eigenvalue weighted by Crippen LogP contribution is 2.23. The molecule has 0 spiro atoms.